The molecule has 1 aromatic heterocycles. The summed E-state index contributed by atoms with van der Waals surface area (Å²) in [5.74, 6) is -0.0282. The van der Waals surface area contributed by atoms with Crippen LogP contribution in [0.15, 0.2) is 16.8 Å². The van der Waals surface area contributed by atoms with E-state index in [-0.39, 0.29) is 18.3 Å². The van der Waals surface area contributed by atoms with Gasteiger partial charge in [-0.25, -0.2) is 0 Å². The summed E-state index contributed by atoms with van der Waals surface area (Å²) in [6.45, 7) is 1.62. The largest absolute Gasteiger partial charge is 0.383 e. The number of nitrogens with one attached hydrogen (secondary N) is 2. The van der Waals surface area contributed by atoms with Gasteiger partial charge < -0.3 is 15.4 Å². The van der Waals surface area contributed by atoms with E-state index in [9.17, 15) is 4.79 Å². The smallest absolute Gasteiger partial charge is 0.238 e. The van der Waals surface area contributed by atoms with Crippen LogP contribution < -0.4 is 10.6 Å². The Labute approximate surface area is 99.4 Å². The van der Waals surface area contributed by atoms with E-state index in [0.29, 0.717) is 19.7 Å². The van der Waals surface area contributed by atoms with Gasteiger partial charge in [-0.05, 0) is 11.4 Å². The van der Waals surface area contributed by atoms with Crippen molar-refractivity contribution in [2.75, 3.05) is 32.1 Å². The monoisotopic (exact) mass is 250 g/mol. The van der Waals surface area contributed by atoms with E-state index in [4.69, 9.17) is 4.74 Å². The van der Waals surface area contributed by atoms with Gasteiger partial charge in [0.2, 0.25) is 5.91 Å². The van der Waals surface area contributed by atoms with Crippen molar-refractivity contribution in [1.29, 1.82) is 0 Å². The maximum absolute atomic E-state index is 11.3. The summed E-state index contributed by atoms with van der Waals surface area (Å²) in [5, 5.41) is 9.55. The van der Waals surface area contributed by atoms with Crippen LogP contribution in [-0.2, 0) is 9.53 Å². The van der Waals surface area contributed by atoms with Crippen LogP contribution in [0.1, 0.15) is 0 Å². The molecular formula is C9H15ClN2O2S. The first-order valence-electron chi connectivity index (χ1n) is 4.34. The molecule has 6 heteroatoms. The molecule has 1 heterocycles. The zero-order valence-corrected chi connectivity index (χ0v) is 10.1. The van der Waals surface area contributed by atoms with Gasteiger partial charge in [0, 0.05) is 19.0 Å². The molecule has 4 nitrogen and oxygen atoms in total. The van der Waals surface area contributed by atoms with E-state index in [1.165, 1.54) is 0 Å². The van der Waals surface area contributed by atoms with Crippen LogP contribution >= 0.6 is 23.7 Å². The molecule has 0 aromatic carbocycles. The number of hydrogen-bond donors (Lipinski definition) is 2. The highest BCUT2D eigenvalue weighted by Gasteiger charge is 2.00. The number of halogens is 1. The minimum absolute atomic E-state index is 0. The zero-order chi connectivity index (χ0) is 10.2. The maximum Gasteiger partial charge on any atom is 0.238 e. The third-order valence-corrected chi connectivity index (χ3v) is 2.26. The van der Waals surface area contributed by atoms with E-state index in [0.717, 1.165) is 5.69 Å². The summed E-state index contributed by atoms with van der Waals surface area (Å²) in [7, 11) is 1.63. The van der Waals surface area contributed by atoms with Gasteiger partial charge in [-0.2, -0.15) is 11.3 Å². The molecule has 1 aromatic rings. The first kappa shape index (κ1) is 14.4. The Hall–Kier alpha value is -0.620. The quantitative estimate of drug-likeness (QED) is 0.750. The molecule has 0 fully saturated rings. The van der Waals surface area contributed by atoms with E-state index < -0.39 is 0 Å². The standard InChI is InChI=1S/C9H14N2O2S.ClH/c1-13-4-3-10-6-9(12)11-8-2-5-14-7-8;/h2,5,7,10H,3-4,6H2,1H3,(H,11,12);1H. The van der Waals surface area contributed by atoms with Crippen LogP contribution in [0, 0.1) is 0 Å². The second-order valence-electron chi connectivity index (χ2n) is 2.73. The number of ether oxygens (including phenoxy) is 1. The Morgan fingerprint density at radius 3 is 3.00 bits per heavy atom. The Balaban J connectivity index is 0.00000196. The van der Waals surface area contributed by atoms with Crippen molar-refractivity contribution in [3.63, 3.8) is 0 Å². The Morgan fingerprint density at radius 1 is 1.60 bits per heavy atom. The lowest BCUT2D eigenvalue weighted by Gasteiger charge is -2.04. The molecule has 0 unspecified atom stereocenters. The summed E-state index contributed by atoms with van der Waals surface area (Å²) < 4.78 is 4.84. The molecular weight excluding hydrogens is 236 g/mol. The van der Waals surface area contributed by atoms with E-state index in [2.05, 4.69) is 10.6 Å². The van der Waals surface area contributed by atoms with Crippen LogP contribution in [0.3, 0.4) is 0 Å². The summed E-state index contributed by atoms with van der Waals surface area (Å²) in [6, 6.07) is 1.87. The second kappa shape index (κ2) is 8.67. The summed E-state index contributed by atoms with van der Waals surface area (Å²) in [6.07, 6.45) is 0. The van der Waals surface area contributed by atoms with Crippen LogP contribution in [0.4, 0.5) is 5.69 Å². The normalized spacial score (nSPS) is 9.40. The summed E-state index contributed by atoms with van der Waals surface area (Å²) >= 11 is 1.56. The zero-order valence-electron chi connectivity index (χ0n) is 8.49. The molecule has 2 N–H and O–H groups in total. The number of methoxy groups -OCH3 is 1. The molecule has 0 aliphatic rings. The van der Waals surface area contributed by atoms with Gasteiger partial charge in [0.1, 0.15) is 0 Å². The number of hydrogen-bond acceptors (Lipinski definition) is 4. The average Bonchev–Trinajstić information content (AvgIpc) is 2.65. The average molecular weight is 251 g/mol. The van der Waals surface area contributed by atoms with Crippen molar-refractivity contribution in [2.24, 2.45) is 0 Å². The number of carbonyl (C=O) groups is 1. The molecule has 15 heavy (non-hydrogen) atoms. The van der Waals surface area contributed by atoms with Crippen molar-refractivity contribution >= 4 is 35.3 Å². The van der Waals surface area contributed by atoms with Gasteiger partial charge in [-0.3, -0.25) is 4.79 Å². The number of amides is 1. The molecule has 86 valence electrons. The fourth-order valence-corrected chi connectivity index (χ4v) is 1.50. The van der Waals surface area contributed by atoms with E-state index >= 15 is 0 Å². The lowest BCUT2D eigenvalue weighted by Crippen LogP contribution is -2.30. The number of thiophene rings is 1. The molecule has 0 atom stereocenters. The van der Waals surface area contributed by atoms with Gasteiger partial charge in [-0.15, -0.1) is 12.4 Å². The van der Waals surface area contributed by atoms with Crippen LogP contribution in [0.25, 0.3) is 0 Å². The van der Waals surface area contributed by atoms with Gasteiger partial charge in [-0.1, -0.05) is 0 Å². The predicted octanol–water partition coefficient (Wildman–Crippen LogP) is 1.34. The maximum atomic E-state index is 11.3. The fraction of sp³-hybridized carbons (Fsp3) is 0.444. The first-order chi connectivity index (χ1) is 6.83. The highest BCUT2D eigenvalue weighted by molar-refractivity contribution is 7.08. The van der Waals surface area contributed by atoms with Crippen molar-refractivity contribution in [1.82, 2.24) is 5.32 Å². The Kier molecular flexibility index (Phi) is 8.31. The SMILES string of the molecule is COCCNCC(=O)Nc1ccsc1.Cl. The topological polar surface area (TPSA) is 50.4 Å². The van der Waals surface area contributed by atoms with Crippen molar-refractivity contribution < 1.29 is 9.53 Å². The van der Waals surface area contributed by atoms with Crippen LogP contribution in [0.2, 0.25) is 0 Å². The molecule has 0 bridgehead atoms. The van der Waals surface area contributed by atoms with Crippen LogP contribution in [-0.4, -0.2) is 32.7 Å². The molecule has 0 aliphatic carbocycles. The van der Waals surface area contributed by atoms with Crippen molar-refractivity contribution in [2.45, 2.75) is 0 Å². The summed E-state index contributed by atoms with van der Waals surface area (Å²) in [4.78, 5) is 11.3. The van der Waals surface area contributed by atoms with Crippen molar-refractivity contribution in [3.8, 4) is 0 Å². The predicted molar refractivity (Wildman–Crippen MR) is 64.9 cm³/mol. The number of rotatable bonds is 6. The molecule has 0 saturated heterocycles. The minimum Gasteiger partial charge on any atom is -0.383 e. The van der Waals surface area contributed by atoms with E-state index in [1.807, 2.05) is 16.8 Å². The van der Waals surface area contributed by atoms with Gasteiger partial charge >= 0.3 is 0 Å². The first-order valence-corrected chi connectivity index (χ1v) is 5.29. The highest BCUT2D eigenvalue weighted by atomic mass is 35.5. The molecule has 0 spiro atoms. The van der Waals surface area contributed by atoms with Gasteiger partial charge in [0.15, 0.2) is 0 Å². The lowest BCUT2D eigenvalue weighted by molar-refractivity contribution is -0.115. The molecule has 0 saturated carbocycles. The minimum atomic E-state index is -0.0282. The third-order valence-electron chi connectivity index (χ3n) is 1.57. The number of carbonyl (C=O) groups excluding carboxylic acids is 1. The van der Waals surface area contributed by atoms with Crippen molar-refractivity contribution in [3.05, 3.63) is 16.8 Å². The Morgan fingerprint density at radius 2 is 2.40 bits per heavy atom. The Bertz CT molecular complexity index is 267. The van der Waals surface area contributed by atoms with Crippen LogP contribution in [0.5, 0.6) is 0 Å². The lowest BCUT2D eigenvalue weighted by atomic mass is 10.5. The van der Waals surface area contributed by atoms with Gasteiger partial charge in [0.25, 0.3) is 0 Å². The summed E-state index contributed by atoms with van der Waals surface area (Å²) in [5.41, 5.74) is 0.855. The molecule has 0 radical (unpaired) electrons. The highest BCUT2D eigenvalue weighted by Crippen LogP contribution is 2.10. The molecule has 1 rings (SSSR count). The fourth-order valence-electron chi connectivity index (χ4n) is 0.917. The number of anilines is 1. The molecule has 0 aliphatic heterocycles. The van der Waals surface area contributed by atoms with E-state index in [1.54, 1.807) is 18.4 Å². The van der Waals surface area contributed by atoms with Gasteiger partial charge in [0.05, 0.1) is 18.8 Å². The molecule has 1 amide bonds. The third kappa shape index (κ3) is 6.46. The second-order valence-corrected chi connectivity index (χ2v) is 3.51.